The summed E-state index contributed by atoms with van der Waals surface area (Å²) in [5, 5.41) is 3.10. The Morgan fingerprint density at radius 2 is 1.65 bits per heavy atom. The molecule has 1 N–H and O–H groups in total. The number of carbonyl (C=O) groups excluding carboxylic acids is 1. The fraction of sp³-hybridized carbons (Fsp3) is 0.312. The third-order valence-electron chi connectivity index (χ3n) is 3.74. The molecule has 0 spiro atoms. The summed E-state index contributed by atoms with van der Waals surface area (Å²) >= 11 is 0. The topological polar surface area (TPSA) is 61.4 Å². The Balaban J connectivity index is 0.00000192. The highest BCUT2D eigenvalue weighted by molar-refractivity contribution is 5.94. The van der Waals surface area contributed by atoms with Crippen LogP contribution in [0.5, 0.6) is 0 Å². The van der Waals surface area contributed by atoms with Gasteiger partial charge in [0.2, 0.25) is 5.95 Å². The van der Waals surface area contributed by atoms with Gasteiger partial charge in [0, 0.05) is 49.8 Å². The Labute approximate surface area is 141 Å². The summed E-state index contributed by atoms with van der Waals surface area (Å²) in [6.07, 6.45) is 3.36. The number of anilines is 2. The summed E-state index contributed by atoms with van der Waals surface area (Å²) < 4.78 is 0. The number of hydrogen-bond donors (Lipinski definition) is 1. The molecule has 3 rings (SSSR count). The number of benzene rings is 1. The molecule has 1 aromatic carbocycles. The molecule has 0 radical (unpaired) electrons. The van der Waals surface area contributed by atoms with Crippen molar-refractivity contribution in [2.24, 2.45) is 0 Å². The Bertz CT molecular complexity index is 627. The molecule has 1 amide bonds. The zero-order valence-electron chi connectivity index (χ0n) is 13.0. The Morgan fingerprint density at radius 1 is 1.04 bits per heavy atom. The molecule has 0 aliphatic carbocycles. The molecule has 0 unspecified atom stereocenters. The first kappa shape index (κ1) is 17.2. The summed E-state index contributed by atoms with van der Waals surface area (Å²) in [4.78, 5) is 24.8. The highest BCUT2D eigenvalue weighted by Gasteiger charge is 2.20. The van der Waals surface area contributed by atoms with E-state index in [1.165, 1.54) is 0 Å². The van der Waals surface area contributed by atoms with E-state index >= 15 is 0 Å². The summed E-state index contributed by atoms with van der Waals surface area (Å²) in [6, 6.07) is 9.19. The number of piperazine rings is 1. The van der Waals surface area contributed by atoms with E-state index in [1.807, 2.05) is 29.2 Å². The van der Waals surface area contributed by atoms with Crippen molar-refractivity contribution in [3.63, 3.8) is 0 Å². The average molecular weight is 334 g/mol. The molecule has 23 heavy (non-hydrogen) atoms. The summed E-state index contributed by atoms with van der Waals surface area (Å²) in [6.45, 7) is 3.42. The molecule has 2 aromatic rings. The van der Waals surface area contributed by atoms with E-state index in [9.17, 15) is 4.79 Å². The van der Waals surface area contributed by atoms with E-state index in [1.54, 1.807) is 18.5 Å². The number of nitrogens with zero attached hydrogens (tertiary/aromatic N) is 4. The third-order valence-corrected chi connectivity index (χ3v) is 3.74. The van der Waals surface area contributed by atoms with E-state index in [0.717, 1.165) is 31.9 Å². The largest absolute Gasteiger partial charge is 0.336 e. The van der Waals surface area contributed by atoms with Gasteiger partial charge in [0.1, 0.15) is 0 Å². The van der Waals surface area contributed by atoms with Gasteiger partial charge in [0.25, 0.3) is 5.91 Å². The first-order valence-electron chi connectivity index (χ1n) is 7.34. The maximum Gasteiger partial charge on any atom is 0.253 e. The predicted molar refractivity (Wildman–Crippen MR) is 92.4 cm³/mol. The molecule has 7 heteroatoms. The lowest BCUT2D eigenvalue weighted by atomic mass is 10.1. The van der Waals surface area contributed by atoms with Crippen LogP contribution in [0.1, 0.15) is 10.4 Å². The van der Waals surface area contributed by atoms with Crippen LogP contribution in [-0.2, 0) is 0 Å². The van der Waals surface area contributed by atoms with Crippen LogP contribution >= 0.6 is 12.4 Å². The predicted octanol–water partition coefficient (Wildman–Crippen LogP) is 2.03. The molecule has 1 aromatic heterocycles. The van der Waals surface area contributed by atoms with Gasteiger partial charge in [-0.25, -0.2) is 9.97 Å². The van der Waals surface area contributed by atoms with Crippen LogP contribution in [-0.4, -0.2) is 58.9 Å². The standard InChI is InChI=1S/C16H19N5O.ClH/c1-20-9-11-21(12-10-20)15(22)13-3-5-14(6-4-13)19-16-17-7-2-8-18-16;/h2-8H,9-12H2,1H3,(H,17,18,19);1H. The van der Waals surface area contributed by atoms with Gasteiger partial charge < -0.3 is 15.1 Å². The summed E-state index contributed by atoms with van der Waals surface area (Å²) in [5.74, 6) is 0.635. The average Bonchev–Trinajstić information content (AvgIpc) is 2.57. The number of aromatic nitrogens is 2. The smallest absolute Gasteiger partial charge is 0.253 e. The van der Waals surface area contributed by atoms with E-state index in [0.29, 0.717) is 11.5 Å². The van der Waals surface area contributed by atoms with Crippen LogP contribution in [0.3, 0.4) is 0 Å². The fourth-order valence-corrected chi connectivity index (χ4v) is 2.38. The lowest BCUT2D eigenvalue weighted by Gasteiger charge is -2.32. The second-order valence-corrected chi connectivity index (χ2v) is 5.37. The zero-order valence-corrected chi connectivity index (χ0v) is 13.8. The molecular formula is C16H20ClN5O. The normalized spacial score (nSPS) is 14.9. The van der Waals surface area contributed by atoms with Crippen LogP contribution in [0.25, 0.3) is 0 Å². The zero-order chi connectivity index (χ0) is 15.4. The molecule has 1 fully saturated rings. The molecule has 0 bridgehead atoms. The van der Waals surface area contributed by atoms with Crippen LogP contribution in [0.15, 0.2) is 42.7 Å². The number of halogens is 1. The van der Waals surface area contributed by atoms with Gasteiger partial charge >= 0.3 is 0 Å². The van der Waals surface area contributed by atoms with Crippen molar-refractivity contribution in [2.45, 2.75) is 0 Å². The van der Waals surface area contributed by atoms with Gasteiger partial charge in [-0.2, -0.15) is 0 Å². The van der Waals surface area contributed by atoms with Gasteiger partial charge in [-0.15, -0.1) is 12.4 Å². The number of nitrogens with one attached hydrogen (secondary N) is 1. The van der Waals surface area contributed by atoms with Gasteiger partial charge in [0.05, 0.1) is 0 Å². The molecule has 6 nitrogen and oxygen atoms in total. The molecule has 122 valence electrons. The van der Waals surface area contributed by atoms with Crippen molar-refractivity contribution in [1.82, 2.24) is 19.8 Å². The first-order chi connectivity index (χ1) is 10.7. The second-order valence-electron chi connectivity index (χ2n) is 5.37. The van der Waals surface area contributed by atoms with Crippen molar-refractivity contribution in [1.29, 1.82) is 0 Å². The van der Waals surface area contributed by atoms with Crippen LogP contribution in [0, 0.1) is 0 Å². The Kier molecular flexibility index (Phi) is 5.90. The van der Waals surface area contributed by atoms with Gasteiger partial charge in [0.15, 0.2) is 0 Å². The number of carbonyl (C=O) groups is 1. The summed E-state index contributed by atoms with van der Waals surface area (Å²) in [5.41, 5.74) is 1.57. The van der Waals surface area contributed by atoms with Gasteiger partial charge in [-0.05, 0) is 37.4 Å². The third kappa shape index (κ3) is 4.40. The number of likely N-dealkylation sites (N-methyl/N-ethyl adjacent to an activating group) is 1. The summed E-state index contributed by atoms with van der Waals surface area (Å²) in [7, 11) is 2.08. The molecule has 0 saturated carbocycles. The van der Waals surface area contributed by atoms with Gasteiger partial charge in [-0.1, -0.05) is 0 Å². The number of rotatable bonds is 3. The van der Waals surface area contributed by atoms with Crippen molar-refractivity contribution in [2.75, 3.05) is 38.5 Å². The van der Waals surface area contributed by atoms with Crippen LogP contribution in [0.2, 0.25) is 0 Å². The highest BCUT2D eigenvalue weighted by atomic mass is 35.5. The monoisotopic (exact) mass is 333 g/mol. The Hall–Kier alpha value is -2.18. The van der Waals surface area contributed by atoms with Crippen molar-refractivity contribution >= 4 is 29.9 Å². The number of amides is 1. The lowest BCUT2D eigenvalue weighted by molar-refractivity contribution is 0.0664. The first-order valence-corrected chi connectivity index (χ1v) is 7.34. The van der Waals surface area contributed by atoms with Crippen LogP contribution in [0.4, 0.5) is 11.6 Å². The second kappa shape index (κ2) is 7.89. The number of hydrogen-bond acceptors (Lipinski definition) is 5. The van der Waals surface area contributed by atoms with Crippen molar-refractivity contribution in [3.05, 3.63) is 48.3 Å². The minimum Gasteiger partial charge on any atom is -0.336 e. The van der Waals surface area contributed by atoms with E-state index in [4.69, 9.17) is 0 Å². The molecule has 1 saturated heterocycles. The minimum atomic E-state index is 0. The molecular weight excluding hydrogens is 314 g/mol. The van der Waals surface area contributed by atoms with E-state index < -0.39 is 0 Å². The van der Waals surface area contributed by atoms with E-state index in [-0.39, 0.29) is 18.3 Å². The van der Waals surface area contributed by atoms with E-state index in [2.05, 4.69) is 27.2 Å². The van der Waals surface area contributed by atoms with Crippen molar-refractivity contribution in [3.8, 4) is 0 Å². The highest BCUT2D eigenvalue weighted by Crippen LogP contribution is 2.15. The minimum absolute atomic E-state index is 0. The van der Waals surface area contributed by atoms with Crippen LogP contribution < -0.4 is 5.32 Å². The maximum absolute atomic E-state index is 12.4. The molecule has 2 heterocycles. The molecule has 1 aliphatic rings. The fourth-order valence-electron chi connectivity index (χ4n) is 2.38. The van der Waals surface area contributed by atoms with Crippen molar-refractivity contribution < 1.29 is 4.79 Å². The molecule has 0 atom stereocenters. The quantitative estimate of drug-likeness (QED) is 0.931. The lowest BCUT2D eigenvalue weighted by Crippen LogP contribution is -2.47. The SMILES string of the molecule is CN1CCN(C(=O)c2ccc(Nc3ncccn3)cc2)CC1.Cl. The molecule has 1 aliphatic heterocycles. The van der Waals surface area contributed by atoms with Gasteiger partial charge in [-0.3, -0.25) is 4.79 Å². The maximum atomic E-state index is 12.4. The Morgan fingerprint density at radius 3 is 2.26 bits per heavy atom.